The first-order valence-corrected chi connectivity index (χ1v) is 9.27. The van der Waals surface area contributed by atoms with Gasteiger partial charge in [-0.2, -0.15) is 11.8 Å². The fourth-order valence-corrected chi connectivity index (χ4v) is 3.80. The third kappa shape index (κ3) is 4.44. The number of thioether (sulfide) groups is 1. The zero-order valence-corrected chi connectivity index (χ0v) is 13.9. The standard InChI is InChI=1S/C14H20N2O3S2/c1-3-19-14(18)13-16-11(8-21-13)12(17)15-9-4-6-10(20-2)7-5-9/h8-10H,3-7H2,1-2H3,(H,15,17). The Balaban J connectivity index is 1.88. The number of amides is 1. The Kier molecular flexibility index (Phi) is 6.05. The fourth-order valence-electron chi connectivity index (χ4n) is 2.37. The molecular formula is C14H20N2O3S2. The summed E-state index contributed by atoms with van der Waals surface area (Å²) >= 11 is 3.04. The smallest absolute Gasteiger partial charge is 0.367 e. The Bertz CT molecular complexity index is 496. The Hall–Kier alpha value is -1.08. The lowest BCUT2D eigenvalue weighted by molar-refractivity contribution is 0.0526. The maximum atomic E-state index is 12.1. The van der Waals surface area contributed by atoms with Crippen molar-refractivity contribution in [1.29, 1.82) is 0 Å². The molecule has 1 amide bonds. The van der Waals surface area contributed by atoms with E-state index in [-0.39, 0.29) is 17.0 Å². The van der Waals surface area contributed by atoms with Gasteiger partial charge in [0.2, 0.25) is 5.01 Å². The third-order valence-electron chi connectivity index (χ3n) is 3.53. The average molecular weight is 328 g/mol. The minimum Gasteiger partial charge on any atom is -0.461 e. The molecule has 0 atom stereocenters. The number of carbonyl (C=O) groups is 2. The molecule has 21 heavy (non-hydrogen) atoms. The molecule has 0 radical (unpaired) electrons. The highest BCUT2D eigenvalue weighted by Crippen LogP contribution is 2.27. The van der Waals surface area contributed by atoms with Crippen LogP contribution in [0, 0.1) is 0 Å². The van der Waals surface area contributed by atoms with Crippen molar-refractivity contribution >= 4 is 35.0 Å². The average Bonchev–Trinajstić information content (AvgIpc) is 2.98. The van der Waals surface area contributed by atoms with E-state index in [4.69, 9.17) is 4.74 Å². The third-order valence-corrected chi connectivity index (χ3v) is 5.49. The van der Waals surface area contributed by atoms with Gasteiger partial charge in [0.25, 0.3) is 5.91 Å². The quantitative estimate of drug-likeness (QED) is 0.842. The van der Waals surface area contributed by atoms with E-state index in [0.717, 1.165) is 37.0 Å². The molecule has 1 aromatic rings. The van der Waals surface area contributed by atoms with E-state index in [1.54, 1.807) is 12.3 Å². The molecule has 7 heteroatoms. The molecular weight excluding hydrogens is 308 g/mol. The summed E-state index contributed by atoms with van der Waals surface area (Å²) in [6.45, 7) is 2.04. The number of hydrogen-bond acceptors (Lipinski definition) is 6. The van der Waals surface area contributed by atoms with Crippen LogP contribution >= 0.6 is 23.1 Å². The molecule has 1 aliphatic carbocycles. The number of nitrogens with zero attached hydrogens (tertiary/aromatic N) is 1. The largest absolute Gasteiger partial charge is 0.461 e. The highest BCUT2D eigenvalue weighted by molar-refractivity contribution is 7.99. The van der Waals surface area contributed by atoms with Gasteiger partial charge in [-0.25, -0.2) is 9.78 Å². The van der Waals surface area contributed by atoms with Crippen LogP contribution in [0.25, 0.3) is 0 Å². The molecule has 2 rings (SSSR count). The second-order valence-corrected chi connectivity index (χ2v) is 6.94. The van der Waals surface area contributed by atoms with Crippen molar-refractivity contribution in [3.05, 3.63) is 16.1 Å². The second kappa shape index (κ2) is 7.79. The van der Waals surface area contributed by atoms with E-state index < -0.39 is 5.97 Å². The molecule has 1 fully saturated rings. The minimum absolute atomic E-state index is 0.200. The van der Waals surface area contributed by atoms with Gasteiger partial charge < -0.3 is 10.1 Å². The number of ether oxygens (including phenoxy) is 1. The summed E-state index contributed by atoms with van der Waals surface area (Å²) in [5, 5.41) is 5.56. The van der Waals surface area contributed by atoms with Gasteiger partial charge in [0.15, 0.2) is 0 Å². The zero-order valence-electron chi connectivity index (χ0n) is 12.3. The summed E-state index contributed by atoms with van der Waals surface area (Å²) in [4.78, 5) is 27.7. The van der Waals surface area contributed by atoms with E-state index in [9.17, 15) is 9.59 Å². The van der Waals surface area contributed by atoms with Crippen LogP contribution < -0.4 is 5.32 Å². The molecule has 0 aliphatic heterocycles. The van der Waals surface area contributed by atoms with Crippen molar-refractivity contribution in [2.45, 2.75) is 43.9 Å². The molecule has 116 valence electrons. The maximum Gasteiger partial charge on any atom is 0.367 e. The van der Waals surface area contributed by atoms with E-state index >= 15 is 0 Å². The van der Waals surface area contributed by atoms with Crippen LogP contribution in [0.15, 0.2) is 5.38 Å². The van der Waals surface area contributed by atoms with Crippen molar-refractivity contribution in [2.24, 2.45) is 0 Å². The van der Waals surface area contributed by atoms with Crippen molar-refractivity contribution in [3.63, 3.8) is 0 Å². The van der Waals surface area contributed by atoms with E-state index in [1.165, 1.54) is 0 Å². The number of nitrogens with one attached hydrogen (secondary N) is 1. The summed E-state index contributed by atoms with van der Waals surface area (Å²) in [5.41, 5.74) is 0.301. The van der Waals surface area contributed by atoms with Gasteiger partial charge >= 0.3 is 5.97 Å². The first-order valence-electron chi connectivity index (χ1n) is 7.10. The van der Waals surface area contributed by atoms with Gasteiger partial charge in [0.1, 0.15) is 5.69 Å². The Morgan fingerprint density at radius 2 is 2.14 bits per heavy atom. The predicted octanol–water partition coefficient (Wildman–Crippen LogP) is 2.72. The highest BCUT2D eigenvalue weighted by Gasteiger charge is 2.23. The van der Waals surface area contributed by atoms with Crippen LogP contribution in [0.4, 0.5) is 0 Å². The van der Waals surface area contributed by atoms with Gasteiger partial charge in [0.05, 0.1) is 6.61 Å². The van der Waals surface area contributed by atoms with Crippen molar-refractivity contribution in [3.8, 4) is 0 Å². The molecule has 0 unspecified atom stereocenters. The summed E-state index contributed by atoms with van der Waals surface area (Å²) < 4.78 is 4.87. The van der Waals surface area contributed by atoms with E-state index in [1.807, 2.05) is 11.8 Å². The van der Waals surface area contributed by atoms with Gasteiger partial charge in [-0.05, 0) is 38.9 Å². The van der Waals surface area contributed by atoms with Crippen molar-refractivity contribution in [2.75, 3.05) is 12.9 Å². The Morgan fingerprint density at radius 1 is 1.43 bits per heavy atom. The first-order chi connectivity index (χ1) is 10.1. The fraction of sp³-hybridized carbons (Fsp3) is 0.643. The van der Waals surface area contributed by atoms with Crippen molar-refractivity contribution in [1.82, 2.24) is 10.3 Å². The normalized spacial score (nSPS) is 21.8. The van der Waals surface area contributed by atoms with E-state index in [2.05, 4.69) is 16.6 Å². The lowest BCUT2D eigenvalue weighted by atomic mass is 9.95. The van der Waals surface area contributed by atoms with Crippen LogP contribution in [-0.2, 0) is 4.74 Å². The van der Waals surface area contributed by atoms with Crippen LogP contribution in [0.2, 0.25) is 0 Å². The molecule has 0 aromatic carbocycles. The molecule has 5 nitrogen and oxygen atoms in total. The Morgan fingerprint density at radius 3 is 2.76 bits per heavy atom. The molecule has 0 spiro atoms. The number of esters is 1. The SMILES string of the molecule is CCOC(=O)c1nc(C(=O)NC2CCC(SC)CC2)cs1. The predicted molar refractivity (Wildman–Crippen MR) is 85.1 cm³/mol. The van der Waals surface area contributed by atoms with Gasteiger partial charge in [-0.1, -0.05) is 0 Å². The molecule has 1 heterocycles. The van der Waals surface area contributed by atoms with Crippen molar-refractivity contribution < 1.29 is 14.3 Å². The number of rotatable bonds is 5. The van der Waals surface area contributed by atoms with Crippen LogP contribution in [0.1, 0.15) is 52.9 Å². The second-order valence-electron chi connectivity index (χ2n) is 4.94. The van der Waals surface area contributed by atoms with Gasteiger partial charge in [-0.3, -0.25) is 4.79 Å². The summed E-state index contributed by atoms with van der Waals surface area (Å²) in [7, 11) is 0. The number of aromatic nitrogens is 1. The molecule has 1 aliphatic rings. The highest BCUT2D eigenvalue weighted by atomic mass is 32.2. The Labute approximate surface area is 132 Å². The van der Waals surface area contributed by atoms with Gasteiger partial charge in [-0.15, -0.1) is 11.3 Å². The molecule has 0 saturated heterocycles. The van der Waals surface area contributed by atoms with Crippen LogP contribution in [0.5, 0.6) is 0 Å². The summed E-state index contributed by atoms with van der Waals surface area (Å²) in [5.74, 6) is -0.670. The van der Waals surface area contributed by atoms with Gasteiger partial charge in [0, 0.05) is 16.7 Å². The molecule has 1 aromatic heterocycles. The summed E-state index contributed by atoms with van der Waals surface area (Å²) in [6.07, 6.45) is 6.42. The van der Waals surface area contributed by atoms with Crippen LogP contribution in [0.3, 0.4) is 0 Å². The lowest BCUT2D eigenvalue weighted by Gasteiger charge is -2.27. The maximum absolute atomic E-state index is 12.1. The summed E-state index contributed by atoms with van der Waals surface area (Å²) in [6, 6.07) is 0.216. The topological polar surface area (TPSA) is 68.3 Å². The lowest BCUT2D eigenvalue weighted by Crippen LogP contribution is -2.38. The first kappa shape index (κ1) is 16.3. The molecule has 1 N–H and O–H groups in total. The molecule has 1 saturated carbocycles. The minimum atomic E-state index is -0.470. The zero-order chi connectivity index (χ0) is 15.2. The number of thiazole rings is 1. The number of carbonyl (C=O) groups excluding carboxylic acids is 2. The molecule has 0 bridgehead atoms. The number of hydrogen-bond donors (Lipinski definition) is 1. The van der Waals surface area contributed by atoms with Crippen LogP contribution in [-0.4, -0.2) is 41.0 Å². The monoisotopic (exact) mass is 328 g/mol. The van der Waals surface area contributed by atoms with E-state index in [0.29, 0.717) is 17.6 Å².